The molecular weight excluding hydrogens is 298 g/mol. The van der Waals surface area contributed by atoms with E-state index >= 15 is 0 Å². The van der Waals surface area contributed by atoms with Gasteiger partial charge in [-0.05, 0) is 36.8 Å². The molecule has 0 bridgehead atoms. The molecule has 0 saturated heterocycles. The second kappa shape index (κ2) is 5.13. The van der Waals surface area contributed by atoms with Crippen molar-refractivity contribution in [2.24, 2.45) is 5.92 Å². The van der Waals surface area contributed by atoms with Crippen molar-refractivity contribution in [3.05, 3.63) is 41.5 Å². The Morgan fingerprint density at radius 3 is 2.92 bits per heavy atom. The van der Waals surface area contributed by atoms with Crippen LogP contribution in [0.15, 0.2) is 24.5 Å². The van der Waals surface area contributed by atoms with Crippen LogP contribution in [0.1, 0.15) is 66.8 Å². The molecule has 122 valence electrons. The molecule has 2 aromatic rings. The Morgan fingerprint density at radius 1 is 1.29 bits per heavy atom. The number of hydrogen-bond donors (Lipinski definition) is 0. The highest BCUT2D eigenvalue weighted by atomic mass is 16.1. The van der Waals surface area contributed by atoms with Crippen LogP contribution in [0, 0.1) is 5.92 Å². The van der Waals surface area contributed by atoms with Gasteiger partial charge in [0.2, 0.25) is 5.78 Å². The Hall–Kier alpha value is -2.23. The maximum absolute atomic E-state index is 13.2. The number of allylic oxidation sites excluding steroid dienone is 2. The molecule has 4 heteroatoms. The van der Waals surface area contributed by atoms with E-state index in [9.17, 15) is 4.79 Å². The van der Waals surface area contributed by atoms with Crippen LogP contribution in [0.4, 0.5) is 0 Å². The lowest BCUT2D eigenvalue weighted by Crippen LogP contribution is -2.24. The fourth-order valence-electron chi connectivity index (χ4n) is 4.90. The molecule has 1 unspecified atom stereocenters. The molecule has 0 N–H and O–H groups in total. The zero-order valence-electron chi connectivity index (χ0n) is 14.0. The first-order valence-electron chi connectivity index (χ1n) is 9.10. The largest absolute Gasteiger partial charge is 0.287 e. The second-order valence-electron chi connectivity index (χ2n) is 7.20. The summed E-state index contributed by atoms with van der Waals surface area (Å²) in [5, 5.41) is 4.70. The SMILES string of the molecule is CCC(C1CCCC1)n1ncc2c1C(=O)C1=CCc3nccc-2c31. The number of carbonyl (C=O) groups is 1. The Labute approximate surface area is 141 Å². The summed E-state index contributed by atoms with van der Waals surface area (Å²) in [4.78, 5) is 17.7. The predicted molar refractivity (Wildman–Crippen MR) is 92.8 cm³/mol. The molecule has 0 aromatic carbocycles. The Morgan fingerprint density at radius 2 is 2.12 bits per heavy atom. The van der Waals surface area contributed by atoms with Gasteiger partial charge < -0.3 is 0 Å². The molecule has 0 radical (unpaired) electrons. The third kappa shape index (κ3) is 1.77. The number of fused-ring (bicyclic) bond motifs is 2. The number of ketones is 1. The van der Waals surface area contributed by atoms with Gasteiger partial charge in [0.1, 0.15) is 5.69 Å². The van der Waals surface area contributed by atoms with Crippen molar-refractivity contribution in [2.45, 2.75) is 51.5 Å². The number of aromatic nitrogens is 3. The number of hydrogen-bond acceptors (Lipinski definition) is 3. The summed E-state index contributed by atoms with van der Waals surface area (Å²) in [6, 6.07) is 2.37. The standard InChI is InChI=1S/C20H21N3O/c1-2-17(12-5-3-4-6-12)23-19-15(11-22-23)13-9-10-21-16-8-7-14(18(13)16)20(19)24/h7,9-12,17H,2-6,8H2,1H3. The Kier molecular flexibility index (Phi) is 3.02. The third-order valence-corrected chi connectivity index (χ3v) is 6.02. The number of Topliss-reactive ketones (excluding diaryl/α,β-unsaturated/α-hetero) is 1. The highest BCUT2D eigenvalue weighted by Gasteiger charge is 2.37. The first kappa shape index (κ1) is 14.1. The van der Waals surface area contributed by atoms with Gasteiger partial charge in [0.05, 0.1) is 17.9 Å². The van der Waals surface area contributed by atoms with Crippen LogP contribution in [-0.2, 0) is 6.42 Å². The van der Waals surface area contributed by atoms with E-state index in [2.05, 4.69) is 16.6 Å². The summed E-state index contributed by atoms with van der Waals surface area (Å²) in [6.07, 6.45) is 12.7. The van der Waals surface area contributed by atoms with Crippen LogP contribution in [0.5, 0.6) is 0 Å². The van der Waals surface area contributed by atoms with E-state index in [0.717, 1.165) is 46.5 Å². The van der Waals surface area contributed by atoms with Crippen LogP contribution in [0.2, 0.25) is 0 Å². The molecule has 3 aliphatic rings. The van der Waals surface area contributed by atoms with Gasteiger partial charge in [-0.25, -0.2) is 0 Å². The van der Waals surface area contributed by atoms with E-state index in [-0.39, 0.29) is 5.78 Å². The van der Waals surface area contributed by atoms with Gasteiger partial charge in [-0.1, -0.05) is 25.8 Å². The van der Waals surface area contributed by atoms with E-state index < -0.39 is 0 Å². The highest BCUT2D eigenvalue weighted by molar-refractivity contribution is 6.34. The number of rotatable bonds is 3. The zero-order chi connectivity index (χ0) is 16.3. The molecule has 0 spiro atoms. The molecule has 1 saturated carbocycles. The summed E-state index contributed by atoms with van der Waals surface area (Å²) in [6.45, 7) is 2.22. The lowest BCUT2D eigenvalue weighted by atomic mass is 9.86. The molecule has 3 aliphatic carbocycles. The molecule has 0 aliphatic heterocycles. The van der Waals surface area contributed by atoms with Crippen LogP contribution < -0.4 is 0 Å². The van der Waals surface area contributed by atoms with Crippen LogP contribution in [-0.4, -0.2) is 20.5 Å². The lowest BCUT2D eigenvalue weighted by molar-refractivity contribution is 0.104. The number of nitrogens with zero attached hydrogens (tertiary/aromatic N) is 3. The molecule has 1 fully saturated rings. The Bertz CT molecular complexity index is 871. The smallest absolute Gasteiger partial charge is 0.212 e. The summed E-state index contributed by atoms with van der Waals surface area (Å²) in [5.74, 6) is 0.789. The first-order chi connectivity index (χ1) is 11.8. The normalized spacial score (nSPS) is 20.0. The van der Waals surface area contributed by atoms with Gasteiger partial charge in [0.25, 0.3) is 0 Å². The van der Waals surface area contributed by atoms with E-state index in [1.165, 1.54) is 25.7 Å². The van der Waals surface area contributed by atoms with Crippen molar-refractivity contribution in [2.75, 3.05) is 0 Å². The monoisotopic (exact) mass is 319 g/mol. The fourth-order valence-corrected chi connectivity index (χ4v) is 4.90. The molecule has 24 heavy (non-hydrogen) atoms. The fraction of sp³-hybridized carbons (Fsp3) is 0.450. The van der Waals surface area contributed by atoms with Crippen molar-refractivity contribution in [1.82, 2.24) is 14.8 Å². The molecular formula is C20H21N3O. The quantitative estimate of drug-likeness (QED) is 0.851. The molecule has 0 amide bonds. The maximum atomic E-state index is 13.2. The molecule has 4 nitrogen and oxygen atoms in total. The van der Waals surface area contributed by atoms with Crippen LogP contribution in [0.25, 0.3) is 16.7 Å². The Balaban J connectivity index is 1.69. The highest BCUT2D eigenvalue weighted by Crippen LogP contribution is 2.45. The predicted octanol–water partition coefficient (Wildman–Crippen LogP) is 4.22. The summed E-state index contributed by atoms with van der Waals surface area (Å²) in [5.41, 5.74) is 5.83. The van der Waals surface area contributed by atoms with Crippen molar-refractivity contribution in [3.63, 3.8) is 0 Å². The second-order valence-corrected chi connectivity index (χ2v) is 7.20. The van der Waals surface area contributed by atoms with Gasteiger partial charge in [-0.2, -0.15) is 5.10 Å². The molecule has 1 atom stereocenters. The third-order valence-electron chi connectivity index (χ3n) is 6.02. The van der Waals surface area contributed by atoms with Gasteiger partial charge in [0.15, 0.2) is 0 Å². The van der Waals surface area contributed by atoms with Crippen molar-refractivity contribution in [3.8, 4) is 11.1 Å². The number of pyridine rings is 1. The van der Waals surface area contributed by atoms with E-state index in [0.29, 0.717) is 12.0 Å². The minimum absolute atomic E-state index is 0.137. The number of carbonyl (C=O) groups excluding carboxylic acids is 1. The van der Waals surface area contributed by atoms with E-state index in [1.54, 1.807) is 0 Å². The molecule has 2 aromatic heterocycles. The summed E-state index contributed by atoms with van der Waals surface area (Å²) >= 11 is 0. The van der Waals surface area contributed by atoms with Crippen LogP contribution in [0.3, 0.4) is 0 Å². The van der Waals surface area contributed by atoms with E-state index in [1.807, 2.05) is 24.5 Å². The van der Waals surface area contributed by atoms with Crippen LogP contribution >= 0.6 is 0 Å². The van der Waals surface area contributed by atoms with Gasteiger partial charge in [-0.3, -0.25) is 14.5 Å². The zero-order valence-corrected chi connectivity index (χ0v) is 14.0. The van der Waals surface area contributed by atoms with Crippen molar-refractivity contribution in [1.29, 1.82) is 0 Å². The minimum atomic E-state index is 0.137. The van der Waals surface area contributed by atoms with Crippen molar-refractivity contribution >= 4 is 11.4 Å². The average molecular weight is 319 g/mol. The van der Waals surface area contributed by atoms with Gasteiger partial charge in [0, 0.05) is 29.3 Å². The summed E-state index contributed by atoms with van der Waals surface area (Å²) < 4.78 is 2.05. The summed E-state index contributed by atoms with van der Waals surface area (Å²) in [7, 11) is 0. The minimum Gasteiger partial charge on any atom is -0.287 e. The maximum Gasteiger partial charge on any atom is 0.212 e. The molecule has 5 rings (SSSR count). The van der Waals surface area contributed by atoms with Gasteiger partial charge >= 0.3 is 0 Å². The van der Waals surface area contributed by atoms with Crippen molar-refractivity contribution < 1.29 is 4.79 Å². The average Bonchev–Trinajstić information content (AvgIpc) is 3.34. The first-order valence-corrected chi connectivity index (χ1v) is 9.10. The molecule has 2 heterocycles. The van der Waals surface area contributed by atoms with Gasteiger partial charge in [-0.15, -0.1) is 0 Å². The lowest BCUT2D eigenvalue weighted by Gasteiger charge is -2.26. The topological polar surface area (TPSA) is 47.8 Å². The van der Waals surface area contributed by atoms with E-state index in [4.69, 9.17) is 5.10 Å².